The number of rotatable bonds is 8. The standard InChI is InChI=1S/2C9H15NO.2C8H14N2O/c1-6(2)8-5-10-9(11-8)7(3)4;1-6(2)8-5-9(7(3)4)11-10-8;1-5(2)7-9-10-8(11-7)6(3)4;1-5(2)7-9-8(6(3)4)11-10-7/h2*5-7H,1-4H3;2*5-6H,1-4H3. The highest BCUT2D eigenvalue weighted by molar-refractivity contribution is 5.11. The summed E-state index contributed by atoms with van der Waals surface area (Å²) in [6, 6.07) is 2.04. The minimum Gasteiger partial charge on any atom is -0.445 e. The summed E-state index contributed by atoms with van der Waals surface area (Å²) in [7, 11) is 0. The number of hydrogen-bond donors (Lipinski definition) is 0. The summed E-state index contributed by atoms with van der Waals surface area (Å²) in [6.45, 7) is 33.1. The average Bonchev–Trinajstić information content (AvgIpc) is 3.76. The lowest BCUT2D eigenvalue weighted by atomic mass is 10.1. The van der Waals surface area contributed by atoms with Gasteiger partial charge in [-0.05, 0) is 5.92 Å². The predicted molar refractivity (Wildman–Crippen MR) is 174 cm³/mol. The van der Waals surface area contributed by atoms with E-state index in [1.165, 1.54) is 0 Å². The van der Waals surface area contributed by atoms with Crippen LogP contribution >= 0.6 is 0 Å². The summed E-state index contributed by atoms with van der Waals surface area (Å²) in [6.07, 6.45) is 1.82. The van der Waals surface area contributed by atoms with E-state index in [9.17, 15) is 0 Å². The fraction of sp³-hybridized carbons (Fsp3) is 0.706. The van der Waals surface area contributed by atoms with Crippen LogP contribution in [0.3, 0.4) is 0 Å². The zero-order valence-electron chi connectivity index (χ0n) is 30.1. The number of oxazole rings is 1. The third kappa shape index (κ3) is 13.1. The molecule has 0 aromatic carbocycles. The van der Waals surface area contributed by atoms with Crippen LogP contribution in [0.4, 0.5) is 0 Å². The molecular formula is C34H58N6O4. The van der Waals surface area contributed by atoms with E-state index < -0.39 is 0 Å². The Morgan fingerprint density at radius 1 is 0.455 bits per heavy atom. The molecule has 10 nitrogen and oxygen atoms in total. The molecular weight excluding hydrogens is 556 g/mol. The first-order valence-electron chi connectivity index (χ1n) is 16.0. The molecule has 248 valence electrons. The van der Waals surface area contributed by atoms with Crippen molar-refractivity contribution in [2.45, 2.75) is 158 Å². The van der Waals surface area contributed by atoms with Gasteiger partial charge < -0.3 is 17.9 Å². The molecule has 0 unspecified atom stereocenters. The van der Waals surface area contributed by atoms with Gasteiger partial charge in [-0.25, -0.2) is 4.98 Å². The highest BCUT2D eigenvalue weighted by Gasteiger charge is 2.13. The molecule has 4 heterocycles. The van der Waals surface area contributed by atoms with Crippen molar-refractivity contribution in [2.24, 2.45) is 0 Å². The van der Waals surface area contributed by atoms with Crippen LogP contribution < -0.4 is 0 Å². The molecule has 0 saturated heterocycles. The quantitative estimate of drug-likeness (QED) is 0.189. The van der Waals surface area contributed by atoms with E-state index >= 15 is 0 Å². The second-order valence-corrected chi connectivity index (χ2v) is 13.5. The van der Waals surface area contributed by atoms with Gasteiger partial charge in [-0.15, -0.1) is 10.2 Å². The van der Waals surface area contributed by atoms with Gasteiger partial charge in [-0.3, -0.25) is 0 Å². The molecule has 4 aromatic rings. The number of nitrogens with zero attached hydrogens (tertiary/aromatic N) is 6. The molecule has 0 fully saturated rings. The zero-order chi connectivity index (χ0) is 33.7. The van der Waals surface area contributed by atoms with E-state index in [2.05, 4.69) is 99.7 Å². The first-order valence-corrected chi connectivity index (χ1v) is 16.0. The topological polar surface area (TPSA) is 130 Å². The summed E-state index contributed by atoms with van der Waals surface area (Å²) in [5.41, 5.74) is 1.05. The molecule has 0 atom stereocenters. The van der Waals surface area contributed by atoms with Crippen molar-refractivity contribution in [1.82, 2.24) is 30.5 Å². The molecule has 0 bridgehead atoms. The van der Waals surface area contributed by atoms with E-state index in [-0.39, 0.29) is 0 Å². The molecule has 0 N–H and O–H groups in total. The van der Waals surface area contributed by atoms with Gasteiger partial charge in [-0.1, -0.05) is 121 Å². The van der Waals surface area contributed by atoms with Gasteiger partial charge in [0.15, 0.2) is 11.7 Å². The lowest BCUT2D eigenvalue weighted by Gasteiger charge is -1.98. The van der Waals surface area contributed by atoms with Gasteiger partial charge in [0.1, 0.15) is 11.5 Å². The minimum absolute atomic E-state index is 0.329. The van der Waals surface area contributed by atoms with Gasteiger partial charge >= 0.3 is 0 Å². The molecule has 0 spiro atoms. The van der Waals surface area contributed by atoms with E-state index in [1.54, 1.807) is 0 Å². The van der Waals surface area contributed by atoms with Crippen LogP contribution in [0.5, 0.6) is 0 Å². The fourth-order valence-corrected chi connectivity index (χ4v) is 3.11. The van der Waals surface area contributed by atoms with Crippen molar-refractivity contribution in [1.29, 1.82) is 0 Å². The van der Waals surface area contributed by atoms with Gasteiger partial charge in [0.2, 0.25) is 17.7 Å². The summed E-state index contributed by atoms with van der Waals surface area (Å²) >= 11 is 0. The van der Waals surface area contributed by atoms with Crippen molar-refractivity contribution in [3.05, 3.63) is 58.9 Å². The highest BCUT2D eigenvalue weighted by atomic mass is 16.5. The Kier molecular flexibility index (Phi) is 16.3. The first-order chi connectivity index (χ1) is 20.4. The van der Waals surface area contributed by atoms with Crippen molar-refractivity contribution < 1.29 is 17.9 Å². The predicted octanol–water partition coefficient (Wildman–Crippen LogP) is 10.5. The maximum atomic E-state index is 5.50. The van der Waals surface area contributed by atoms with Crippen LogP contribution in [0, 0.1) is 0 Å². The minimum atomic E-state index is 0.329. The maximum Gasteiger partial charge on any atom is 0.229 e. The number of aromatic nitrogens is 6. The smallest absolute Gasteiger partial charge is 0.229 e. The summed E-state index contributed by atoms with van der Waals surface area (Å²) < 4.78 is 21.0. The Bertz CT molecular complexity index is 1020. The second kappa shape index (κ2) is 18.5. The molecule has 0 aliphatic rings. The Hall–Kier alpha value is -3.30. The van der Waals surface area contributed by atoms with E-state index in [0.717, 1.165) is 46.6 Å². The lowest BCUT2D eigenvalue weighted by Crippen LogP contribution is -1.91. The van der Waals surface area contributed by atoms with Crippen LogP contribution in [0.25, 0.3) is 0 Å². The summed E-state index contributed by atoms with van der Waals surface area (Å²) in [5.74, 6) is 8.87. The molecule has 44 heavy (non-hydrogen) atoms. The number of hydrogen-bond acceptors (Lipinski definition) is 10. The Morgan fingerprint density at radius 3 is 1.20 bits per heavy atom. The monoisotopic (exact) mass is 614 g/mol. The van der Waals surface area contributed by atoms with Crippen molar-refractivity contribution >= 4 is 0 Å². The third-order valence-corrected chi connectivity index (χ3v) is 6.22. The largest absolute Gasteiger partial charge is 0.445 e. The molecule has 0 amide bonds. The molecule has 0 aliphatic carbocycles. The third-order valence-electron chi connectivity index (χ3n) is 6.22. The summed E-state index contributed by atoms with van der Waals surface area (Å²) in [5, 5.41) is 15.7. The molecule has 4 aromatic heterocycles. The van der Waals surface area contributed by atoms with Crippen molar-refractivity contribution in [3.8, 4) is 0 Å². The summed E-state index contributed by atoms with van der Waals surface area (Å²) in [4.78, 5) is 8.40. The average molecular weight is 615 g/mol. The van der Waals surface area contributed by atoms with E-state index in [0.29, 0.717) is 47.3 Å². The molecule has 0 radical (unpaired) electrons. The Labute approximate surface area is 265 Å². The van der Waals surface area contributed by atoms with E-state index in [1.807, 2.05) is 53.8 Å². The van der Waals surface area contributed by atoms with Crippen LogP contribution in [0.1, 0.15) is 205 Å². The van der Waals surface area contributed by atoms with Gasteiger partial charge in [-0.2, -0.15) is 4.98 Å². The van der Waals surface area contributed by atoms with Gasteiger partial charge in [0.05, 0.1) is 11.9 Å². The molecule has 10 heteroatoms. The van der Waals surface area contributed by atoms with Crippen LogP contribution in [-0.2, 0) is 0 Å². The van der Waals surface area contributed by atoms with Gasteiger partial charge in [0, 0.05) is 47.5 Å². The Balaban J connectivity index is 0.000000293. The zero-order valence-corrected chi connectivity index (χ0v) is 30.1. The second-order valence-electron chi connectivity index (χ2n) is 13.5. The van der Waals surface area contributed by atoms with E-state index in [4.69, 9.17) is 17.9 Å². The lowest BCUT2D eigenvalue weighted by molar-refractivity contribution is 0.359. The van der Waals surface area contributed by atoms with Crippen LogP contribution in [0.2, 0.25) is 0 Å². The maximum absolute atomic E-state index is 5.50. The van der Waals surface area contributed by atoms with Crippen molar-refractivity contribution in [3.63, 3.8) is 0 Å². The Morgan fingerprint density at radius 2 is 0.955 bits per heavy atom. The van der Waals surface area contributed by atoms with Crippen molar-refractivity contribution in [2.75, 3.05) is 0 Å². The highest BCUT2D eigenvalue weighted by Crippen LogP contribution is 2.21. The normalized spacial score (nSPS) is 11.5. The SMILES string of the molecule is CC(C)c1cc(C(C)C)on1.CC(C)c1cnc(C(C)C)o1.CC(C)c1nnc(C(C)C)o1.CC(C)c1noc(C(C)C)n1. The molecule has 0 saturated carbocycles. The van der Waals surface area contributed by atoms with Crippen LogP contribution in [-0.4, -0.2) is 30.5 Å². The fourth-order valence-electron chi connectivity index (χ4n) is 3.11. The molecule has 4 rings (SSSR count). The van der Waals surface area contributed by atoms with Gasteiger partial charge in [0.25, 0.3) is 0 Å². The van der Waals surface area contributed by atoms with Crippen LogP contribution in [0.15, 0.2) is 30.1 Å². The molecule has 0 aliphatic heterocycles. The first kappa shape index (κ1) is 38.7.